The smallest absolute Gasteiger partial charge is 0.304 e. The molecule has 2 aromatic heterocycles. The van der Waals surface area contributed by atoms with Crippen molar-refractivity contribution in [1.82, 2.24) is 30.1 Å². The number of rotatable bonds is 10. The zero-order valence-corrected chi connectivity index (χ0v) is 26.7. The third kappa shape index (κ3) is 8.21. The monoisotopic (exact) mass is 653 g/mol. The number of benzene rings is 1. The lowest BCUT2D eigenvalue weighted by molar-refractivity contribution is -0.137. The first kappa shape index (κ1) is 31.5. The van der Waals surface area contributed by atoms with Gasteiger partial charge in [-0.25, -0.2) is 15.0 Å². The van der Waals surface area contributed by atoms with Crippen molar-refractivity contribution in [3.63, 3.8) is 0 Å². The largest absolute Gasteiger partial charge is 0.481 e. The minimum atomic E-state index is -0.781. The maximum atomic E-state index is 11.5. The van der Waals surface area contributed by atoms with E-state index >= 15 is 0 Å². The number of piperazine rings is 1. The number of carboxylic acids is 1. The Bertz CT molecular complexity index is 1500. The molecule has 4 heterocycles. The molecule has 6 rings (SSSR count). The fourth-order valence-corrected chi connectivity index (χ4v) is 7.02. The van der Waals surface area contributed by atoms with Crippen molar-refractivity contribution in [3.8, 4) is 22.9 Å². The van der Waals surface area contributed by atoms with Gasteiger partial charge >= 0.3 is 5.97 Å². The molecule has 1 saturated carbocycles. The van der Waals surface area contributed by atoms with Crippen molar-refractivity contribution in [2.24, 2.45) is 11.8 Å². The summed E-state index contributed by atoms with van der Waals surface area (Å²) >= 11 is 12.7. The zero-order valence-electron chi connectivity index (χ0n) is 25.2. The molecule has 45 heavy (non-hydrogen) atoms. The number of hydrogen-bond donors (Lipinski definition) is 2. The number of pyridine rings is 1. The van der Waals surface area contributed by atoms with Gasteiger partial charge in [-0.05, 0) is 67.6 Å². The Morgan fingerprint density at radius 2 is 1.60 bits per heavy atom. The number of hydrogen-bond acceptors (Lipinski definition) is 9. The molecule has 3 aromatic rings. The molecular formula is C32H37Cl2N7O4. The van der Waals surface area contributed by atoms with Crippen LogP contribution in [0.1, 0.15) is 31.7 Å². The number of ether oxygens (including phenoxy) is 1. The summed E-state index contributed by atoms with van der Waals surface area (Å²) < 4.78 is 6.20. The van der Waals surface area contributed by atoms with E-state index in [2.05, 4.69) is 36.1 Å². The van der Waals surface area contributed by atoms with Crippen LogP contribution in [0.3, 0.4) is 0 Å². The van der Waals surface area contributed by atoms with Gasteiger partial charge in [0.2, 0.25) is 17.7 Å². The van der Waals surface area contributed by atoms with Crippen LogP contribution in [-0.4, -0.2) is 93.6 Å². The topological polar surface area (TPSA) is 124 Å². The third-order valence-electron chi connectivity index (χ3n) is 8.82. The molecule has 0 unspecified atom stereocenters. The molecule has 0 bridgehead atoms. The van der Waals surface area contributed by atoms with Crippen LogP contribution >= 0.6 is 23.2 Å². The van der Waals surface area contributed by atoms with E-state index in [0.717, 1.165) is 69.8 Å². The van der Waals surface area contributed by atoms with Crippen LogP contribution in [0, 0.1) is 11.8 Å². The number of anilines is 1. The number of nitrogens with one attached hydrogen (secondary N) is 1. The van der Waals surface area contributed by atoms with Gasteiger partial charge in [-0.3, -0.25) is 19.4 Å². The lowest BCUT2D eigenvalue weighted by Gasteiger charge is -2.34. The molecule has 0 spiro atoms. The quantitative estimate of drug-likeness (QED) is 0.321. The SMILES string of the molecule is CC(=O)N[C@@H]1[C@@H]2CCN(Cc3cc(Oc4cnc(N5CCN(CCC(=O)O)CC5)nc4)nc(-c4cc(Cl)cc(Cl)c4)c3)CC[C@@H]21. The number of aliphatic carboxylic acids is 1. The van der Waals surface area contributed by atoms with Crippen LogP contribution in [-0.2, 0) is 16.1 Å². The van der Waals surface area contributed by atoms with Gasteiger partial charge in [0, 0.05) is 73.9 Å². The Morgan fingerprint density at radius 3 is 2.22 bits per heavy atom. The van der Waals surface area contributed by atoms with Crippen molar-refractivity contribution in [3.05, 3.63) is 58.3 Å². The summed E-state index contributed by atoms with van der Waals surface area (Å²) in [7, 11) is 0. The maximum Gasteiger partial charge on any atom is 0.304 e. The summed E-state index contributed by atoms with van der Waals surface area (Å²) in [5.41, 5.74) is 2.55. The number of amides is 1. The summed E-state index contributed by atoms with van der Waals surface area (Å²) in [5, 5.41) is 13.1. The molecule has 13 heteroatoms. The van der Waals surface area contributed by atoms with Crippen molar-refractivity contribution in [1.29, 1.82) is 0 Å². The fourth-order valence-electron chi connectivity index (χ4n) is 6.50. The van der Waals surface area contributed by atoms with Crippen LogP contribution in [0.2, 0.25) is 10.0 Å². The highest BCUT2D eigenvalue weighted by atomic mass is 35.5. The number of likely N-dealkylation sites (tertiary alicyclic amines) is 1. The molecule has 1 aliphatic carbocycles. The average Bonchev–Trinajstić information content (AvgIpc) is 3.71. The van der Waals surface area contributed by atoms with E-state index in [9.17, 15) is 9.59 Å². The number of carbonyl (C=O) groups excluding carboxylic acids is 1. The number of fused-ring (bicyclic) bond motifs is 1. The van der Waals surface area contributed by atoms with Gasteiger partial charge in [0.1, 0.15) is 0 Å². The summed E-state index contributed by atoms with van der Waals surface area (Å²) in [6.07, 6.45) is 5.55. The lowest BCUT2D eigenvalue weighted by atomic mass is 10.1. The van der Waals surface area contributed by atoms with E-state index < -0.39 is 5.97 Å². The number of aromatic nitrogens is 3. The summed E-state index contributed by atoms with van der Waals surface area (Å²) in [6, 6.07) is 9.70. The molecule has 3 aliphatic rings. The highest BCUT2D eigenvalue weighted by molar-refractivity contribution is 6.35. The number of carboxylic acid groups (broad SMARTS) is 1. The first-order valence-corrected chi connectivity index (χ1v) is 16.1. The number of carbonyl (C=O) groups is 2. The van der Waals surface area contributed by atoms with Gasteiger partial charge in [-0.2, -0.15) is 0 Å². The van der Waals surface area contributed by atoms with Crippen LogP contribution in [0.4, 0.5) is 5.95 Å². The Balaban J connectivity index is 1.14. The fraction of sp³-hybridized carbons (Fsp3) is 0.469. The Labute approximate surface area is 272 Å². The van der Waals surface area contributed by atoms with Crippen molar-refractivity contribution in [2.45, 2.75) is 38.8 Å². The second kappa shape index (κ2) is 13.9. The van der Waals surface area contributed by atoms with E-state index in [1.54, 1.807) is 25.4 Å². The van der Waals surface area contributed by atoms with E-state index in [4.69, 9.17) is 38.0 Å². The summed E-state index contributed by atoms with van der Waals surface area (Å²) in [5.74, 6) is 1.89. The molecule has 3 fully saturated rings. The lowest BCUT2D eigenvalue weighted by Crippen LogP contribution is -2.47. The first-order chi connectivity index (χ1) is 21.7. The highest BCUT2D eigenvalue weighted by Crippen LogP contribution is 2.46. The minimum Gasteiger partial charge on any atom is -0.481 e. The van der Waals surface area contributed by atoms with Gasteiger partial charge in [0.05, 0.1) is 24.5 Å². The molecule has 238 valence electrons. The summed E-state index contributed by atoms with van der Waals surface area (Å²) in [6.45, 7) is 7.75. The van der Waals surface area contributed by atoms with E-state index in [-0.39, 0.29) is 12.3 Å². The van der Waals surface area contributed by atoms with Gasteiger partial charge in [-0.15, -0.1) is 0 Å². The first-order valence-electron chi connectivity index (χ1n) is 15.4. The second-order valence-electron chi connectivity index (χ2n) is 12.1. The van der Waals surface area contributed by atoms with Crippen molar-refractivity contribution in [2.75, 3.05) is 50.7 Å². The van der Waals surface area contributed by atoms with Crippen LogP contribution in [0.5, 0.6) is 11.6 Å². The molecule has 1 amide bonds. The zero-order chi connectivity index (χ0) is 31.5. The highest BCUT2D eigenvalue weighted by Gasteiger charge is 2.50. The van der Waals surface area contributed by atoms with E-state index in [1.165, 1.54) is 0 Å². The normalized spacial score (nSPS) is 21.9. The molecular weight excluding hydrogens is 617 g/mol. The Hall–Kier alpha value is -3.51. The molecule has 2 N–H and O–H groups in total. The van der Waals surface area contributed by atoms with Crippen LogP contribution in [0.25, 0.3) is 11.3 Å². The molecule has 11 nitrogen and oxygen atoms in total. The van der Waals surface area contributed by atoms with Crippen molar-refractivity contribution < 1.29 is 19.4 Å². The molecule has 2 saturated heterocycles. The van der Waals surface area contributed by atoms with Gasteiger partial charge in [0.15, 0.2) is 5.75 Å². The average molecular weight is 655 g/mol. The van der Waals surface area contributed by atoms with E-state index in [0.29, 0.717) is 57.7 Å². The molecule has 0 radical (unpaired) electrons. The Morgan fingerprint density at radius 1 is 0.933 bits per heavy atom. The predicted molar refractivity (Wildman–Crippen MR) is 172 cm³/mol. The summed E-state index contributed by atoms with van der Waals surface area (Å²) in [4.78, 5) is 43.0. The standard InChI is InChI=1S/C32H37Cl2N7O4/c1-20(42)37-31-26-2-5-40(6-3-27(26)31)19-21-12-28(22-14-23(33)16-24(34)15-22)38-29(13-21)45-25-17-35-32(36-18-25)41-10-8-39(9-11-41)7-4-30(43)44/h12-18,26-27,31H,2-11,19H2,1H3,(H,37,42)(H,43,44)/t26-,27+,31-. The maximum absolute atomic E-state index is 11.5. The van der Waals surface area contributed by atoms with Crippen molar-refractivity contribution >= 4 is 41.0 Å². The van der Waals surface area contributed by atoms with Gasteiger partial charge < -0.3 is 20.1 Å². The third-order valence-corrected chi connectivity index (χ3v) is 9.26. The molecule has 3 atom stereocenters. The second-order valence-corrected chi connectivity index (χ2v) is 12.9. The molecule has 2 aliphatic heterocycles. The molecule has 1 aromatic carbocycles. The van der Waals surface area contributed by atoms with E-state index in [1.807, 2.05) is 18.2 Å². The number of halogens is 2. The minimum absolute atomic E-state index is 0.0516. The van der Waals surface area contributed by atoms with Gasteiger partial charge in [0.25, 0.3) is 0 Å². The van der Waals surface area contributed by atoms with Crippen LogP contribution < -0.4 is 15.0 Å². The number of nitrogens with zero attached hydrogens (tertiary/aromatic N) is 6. The van der Waals surface area contributed by atoms with Gasteiger partial charge in [-0.1, -0.05) is 23.2 Å². The predicted octanol–water partition coefficient (Wildman–Crippen LogP) is 4.58. The Kier molecular flexibility index (Phi) is 9.70. The van der Waals surface area contributed by atoms with Crippen LogP contribution in [0.15, 0.2) is 42.7 Å².